The summed E-state index contributed by atoms with van der Waals surface area (Å²) in [6, 6.07) is 27.3. The Morgan fingerprint density at radius 3 is 2.02 bits per heavy atom. The number of hydrogen-bond donors (Lipinski definition) is 2. The molecule has 46 heavy (non-hydrogen) atoms. The van der Waals surface area contributed by atoms with Crippen LogP contribution in [0.15, 0.2) is 91.0 Å². The number of fused-ring (bicyclic) bond motifs is 1. The van der Waals surface area contributed by atoms with Crippen molar-refractivity contribution in [2.75, 3.05) is 33.9 Å². The number of aliphatic hydroxyl groups excluding tert-OH is 1. The monoisotopic (exact) mass is 622 g/mol. The molecule has 1 aliphatic rings. The third-order valence-electron chi connectivity index (χ3n) is 8.40. The number of methoxy groups -OCH3 is 2. The number of benzene rings is 4. The first-order valence-corrected chi connectivity index (χ1v) is 15.2. The van der Waals surface area contributed by atoms with Crippen LogP contribution in [0.25, 0.3) is 11.1 Å². The summed E-state index contributed by atoms with van der Waals surface area (Å²) < 4.78 is 10.8. The molecule has 0 bridgehead atoms. The van der Waals surface area contributed by atoms with Gasteiger partial charge in [0.1, 0.15) is 11.5 Å². The highest BCUT2D eigenvalue weighted by Gasteiger charge is 2.31. The van der Waals surface area contributed by atoms with Crippen molar-refractivity contribution in [3.8, 4) is 22.6 Å². The van der Waals surface area contributed by atoms with Crippen molar-refractivity contribution in [1.29, 1.82) is 0 Å². The Morgan fingerprint density at radius 2 is 1.39 bits per heavy atom. The van der Waals surface area contributed by atoms with Gasteiger partial charge >= 0.3 is 5.97 Å². The van der Waals surface area contributed by atoms with Crippen molar-refractivity contribution in [2.24, 2.45) is 0 Å². The van der Waals surface area contributed by atoms with Gasteiger partial charge in [0.05, 0.1) is 33.3 Å². The minimum Gasteiger partial charge on any atom is -0.497 e. The van der Waals surface area contributed by atoms with Crippen molar-refractivity contribution in [3.05, 3.63) is 119 Å². The van der Waals surface area contributed by atoms with Crippen LogP contribution in [-0.2, 0) is 24.2 Å². The molecular weight excluding hydrogens is 584 g/mol. The second-order valence-electron chi connectivity index (χ2n) is 11.2. The highest BCUT2D eigenvalue weighted by atomic mass is 16.5. The van der Waals surface area contributed by atoms with E-state index in [9.17, 15) is 24.6 Å². The number of amides is 2. The van der Waals surface area contributed by atoms with E-state index in [1.165, 1.54) is 4.90 Å². The average molecular weight is 623 g/mol. The molecule has 0 spiro atoms. The molecule has 0 saturated heterocycles. The first kappa shape index (κ1) is 32.2. The standard InChI is InChI=1S/C37H38N2O7/c1-45-29-19-25(20-30(22-29)46-2)15-17-38(18-16-35(41)42)36(43)33-13-7-5-11-31(33)32-12-6-8-14-34(32)37(44)39-23-27-10-4-3-9-26(27)21-28(39)24-40/h3-14,19-20,22,28,40H,15-18,21,23-24H2,1-2H3,(H,41,42)/t28-/m0/s1. The van der Waals surface area contributed by atoms with E-state index < -0.39 is 5.97 Å². The molecule has 0 radical (unpaired) electrons. The van der Waals surface area contributed by atoms with Gasteiger partial charge in [0, 0.05) is 36.8 Å². The topological polar surface area (TPSA) is 117 Å². The molecule has 2 amide bonds. The lowest BCUT2D eigenvalue weighted by atomic mass is 9.91. The van der Waals surface area contributed by atoms with Gasteiger partial charge in [-0.25, -0.2) is 0 Å². The highest BCUT2D eigenvalue weighted by Crippen LogP contribution is 2.32. The van der Waals surface area contributed by atoms with Gasteiger partial charge in [-0.05, 0) is 64.9 Å². The first-order valence-electron chi connectivity index (χ1n) is 15.2. The molecule has 9 nitrogen and oxygen atoms in total. The number of carboxylic acids is 1. The number of aliphatic carboxylic acids is 1. The molecule has 4 aromatic rings. The minimum atomic E-state index is -1.01. The predicted molar refractivity (Wildman–Crippen MR) is 174 cm³/mol. The molecule has 5 rings (SSSR count). The average Bonchev–Trinajstić information content (AvgIpc) is 3.10. The van der Waals surface area contributed by atoms with Crippen molar-refractivity contribution in [2.45, 2.75) is 31.8 Å². The Labute approximate surface area is 268 Å². The second-order valence-corrected chi connectivity index (χ2v) is 11.2. The smallest absolute Gasteiger partial charge is 0.305 e. The fourth-order valence-corrected chi connectivity index (χ4v) is 5.94. The molecule has 0 aliphatic carbocycles. The maximum atomic E-state index is 14.2. The van der Waals surface area contributed by atoms with Crippen LogP contribution in [0.4, 0.5) is 0 Å². The Morgan fingerprint density at radius 1 is 0.804 bits per heavy atom. The number of hydrogen-bond acceptors (Lipinski definition) is 6. The maximum Gasteiger partial charge on any atom is 0.305 e. The van der Waals surface area contributed by atoms with Crippen molar-refractivity contribution < 1.29 is 34.1 Å². The summed E-state index contributed by atoms with van der Waals surface area (Å²) in [7, 11) is 3.13. The minimum absolute atomic E-state index is 0.00947. The summed E-state index contributed by atoms with van der Waals surface area (Å²) in [5, 5.41) is 19.7. The number of ether oxygens (including phenoxy) is 2. The van der Waals surface area contributed by atoms with Crippen LogP contribution in [0, 0.1) is 0 Å². The van der Waals surface area contributed by atoms with Crippen LogP contribution < -0.4 is 9.47 Å². The maximum absolute atomic E-state index is 14.2. The van der Waals surface area contributed by atoms with E-state index in [0.717, 1.165) is 16.7 Å². The van der Waals surface area contributed by atoms with Gasteiger partial charge in [-0.3, -0.25) is 14.4 Å². The fourth-order valence-electron chi connectivity index (χ4n) is 5.94. The third kappa shape index (κ3) is 7.21. The van der Waals surface area contributed by atoms with Crippen LogP contribution in [-0.4, -0.2) is 77.8 Å². The zero-order valence-electron chi connectivity index (χ0n) is 26.0. The Hall–Kier alpha value is -5.15. The van der Waals surface area contributed by atoms with Gasteiger partial charge in [-0.1, -0.05) is 60.7 Å². The second kappa shape index (κ2) is 14.8. The normalized spacial score (nSPS) is 13.9. The summed E-state index contributed by atoms with van der Waals surface area (Å²) in [4.78, 5) is 43.2. The van der Waals surface area contributed by atoms with Gasteiger partial charge in [0.2, 0.25) is 0 Å². The molecule has 1 atom stereocenters. The third-order valence-corrected chi connectivity index (χ3v) is 8.40. The first-order chi connectivity index (χ1) is 22.3. The zero-order chi connectivity index (χ0) is 32.6. The molecule has 2 N–H and O–H groups in total. The highest BCUT2D eigenvalue weighted by molar-refractivity contribution is 6.06. The van der Waals surface area contributed by atoms with E-state index in [1.54, 1.807) is 55.5 Å². The molecule has 0 aromatic heterocycles. The lowest BCUT2D eigenvalue weighted by Crippen LogP contribution is -2.46. The predicted octanol–water partition coefficient (Wildman–Crippen LogP) is 5.09. The summed E-state index contributed by atoms with van der Waals surface area (Å²) >= 11 is 0. The summed E-state index contributed by atoms with van der Waals surface area (Å²) in [5.74, 6) is -0.350. The summed E-state index contributed by atoms with van der Waals surface area (Å²) in [6.07, 6.45) is 0.770. The van der Waals surface area contributed by atoms with Gasteiger partial charge < -0.3 is 29.5 Å². The van der Waals surface area contributed by atoms with Crippen LogP contribution in [0.3, 0.4) is 0 Å². The van der Waals surface area contributed by atoms with E-state index in [4.69, 9.17) is 9.47 Å². The quantitative estimate of drug-likeness (QED) is 0.226. The van der Waals surface area contributed by atoms with E-state index in [0.29, 0.717) is 53.1 Å². The van der Waals surface area contributed by atoms with Crippen LogP contribution in [0.2, 0.25) is 0 Å². The number of aliphatic hydroxyl groups is 1. The lowest BCUT2D eigenvalue weighted by molar-refractivity contribution is -0.137. The molecule has 4 aromatic carbocycles. The molecular formula is C37H38N2O7. The van der Waals surface area contributed by atoms with Crippen molar-refractivity contribution in [3.63, 3.8) is 0 Å². The van der Waals surface area contributed by atoms with E-state index in [2.05, 4.69) is 0 Å². The molecule has 1 heterocycles. The molecule has 0 fully saturated rings. The Kier molecular flexibility index (Phi) is 10.3. The van der Waals surface area contributed by atoms with Gasteiger partial charge in [-0.15, -0.1) is 0 Å². The molecule has 9 heteroatoms. The van der Waals surface area contributed by atoms with Crippen LogP contribution in [0.5, 0.6) is 11.5 Å². The van der Waals surface area contributed by atoms with Crippen LogP contribution >= 0.6 is 0 Å². The lowest BCUT2D eigenvalue weighted by Gasteiger charge is -2.36. The Balaban J connectivity index is 1.47. The summed E-state index contributed by atoms with van der Waals surface area (Å²) in [6.45, 7) is 0.459. The van der Waals surface area contributed by atoms with Gasteiger partial charge in [-0.2, -0.15) is 0 Å². The van der Waals surface area contributed by atoms with E-state index in [1.807, 2.05) is 54.6 Å². The zero-order valence-corrected chi connectivity index (χ0v) is 26.0. The summed E-state index contributed by atoms with van der Waals surface area (Å²) in [5.41, 5.74) is 4.95. The molecule has 0 saturated carbocycles. The number of carboxylic acid groups (broad SMARTS) is 1. The molecule has 0 unspecified atom stereocenters. The molecule has 238 valence electrons. The number of rotatable bonds is 12. The number of carbonyl (C=O) groups excluding carboxylic acids is 2. The van der Waals surface area contributed by atoms with Crippen LogP contribution in [0.1, 0.15) is 43.8 Å². The molecule has 1 aliphatic heterocycles. The largest absolute Gasteiger partial charge is 0.497 e. The van der Waals surface area contributed by atoms with Gasteiger partial charge in [0.25, 0.3) is 11.8 Å². The van der Waals surface area contributed by atoms with E-state index in [-0.39, 0.29) is 44.0 Å². The number of carbonyl (C=O) groups is 3. The van der Waals surface area contributed by atoms with E-state index >= 15 is 0 Å². The number of nitrogens with zero attached hydrogens (tertiary/aromatic N) is 2. The van der Waals surface area contributed by atoms with Crippen molar-refractivity contribution in [1.82, 2.24) is 9.80 Å². The SMILES string of the molecule is COc1cc(CCN(CCC(=O)O)C(=O)c2ccccc2-c2ccccc2C(=O)N2Cc3ccccc3C[C@H]2CO)cc(OC)c1. The fraction of sp³-hybridized carbons (Fsp3) is 0.270. The van der Waals surface area contributed by atoms with Gasteiger partial charge in [0.15, 0.2) is 0 Å². The van der Waals surface area contributed by atoms with Crippen molar-refractivity contribution >= 4 is 17.8 Å². The Bertz CT molecular complexity index is 1700.